The van der Waals surface area contributed by atoms with Gasteiger partial charge in [-0.1, -0.05) is 127 Å². The van der Waals surface area contributed by atoms with Gasteiger partial charge in [0.05, 0.1) is 16.4 Å². The zero-order chi connectivity index (χ0) is 34.0. The van der Waals surface area contributed by atoms with Crippen LogP contribution < -0.4 is 0 Å². The van der Waals surface area contributed by atoms with Crippen molar-refractivity contribution in [2.75, 3.05) is 0 Å². The van der Waals surface area contributed by atoms with E-state index < -0.39 is 5.41 Å². The molecule has 2 aromatic heterocycles. The second kappa shape index (κ2) is 10.6. The molecule has 2 aliphatic rings. The summed E-state index contributed by atoms with van der Waals surface area (Å²) in [6.45, 7) is 0. The molecule has 3 heterocycles. The zero-order valence-corrected chi connectivity index (χ0v) is 29.6. The Balaban J connectivity index is 1.10. The monoisotopic (exact) mass is 695 g/mol. The summed E-state index contributed by atoms with van der Waals surface area (Å²) in [7, 11) is 0. The Morgan fingerprint density at radius 1 is 0.385 bits per heavy atom. The number of para-hydroxylation sites is 1. The highest BCUT2D eigenvalue weighted by Crippen LogP contribution is 2.62. The predicted molar refractivity (Wildman–Crippen MR) is 221 cm³/mol. The Labute approximate surface area is 309 Å². The Morgan fingerprint density at radius 2 is 1.02 bits per heavy atom. The third kappa shape index (κ3) is 3.74. The van der Waals surface area contributed by atoms with Crippen molar-refractivity contribution in [1.29, 1.82) is 0 Å². The van der Waals surface area contributed by atoms with Crippen LogP contribution in [0.4, 0.5) is 0 Å². The summed E-state index contributed by atoms with van der Waals surface area (Å²) in [6.07, 6.45) is 0. The van der Waals surface area contributed by atoms with Gasteiger partial charge in [-0.05, 0) is 105 Å². The molecule has 10 aromatic rings. The van der Waals surface area contributed by atoms with Gasteiger partial charge in [0.1, 0.15) is 0 Å². The average Bonchev–Trinajstić information content (AvgIpc) is 3.83. The largest absolute Gasteiger partial charge is 0.309 e. The van der Waals surface area contributed by atoms with Crippen LogP contribution in [0.25, 0.3) is 69.9 Å². The summed E-state index contributed by atoms with van der Waals surface area (Å²) in [5.41, 5.74) is 13.8. The summed E-state index contributed by atoms with van der Waals surface area (Å²) < 4.78 is 5.16. The van der Waals surface area contributed by atoms with Crippen LogP contribution in [0.15, 0.2) is 186 Å². The first-order valence-electron chi connectivity index (χ1n) is 17.8. The molecule has 0 atom stereocenters. The first-order chi connectivity index (χ1) is 25.8. The maximum atomic E-state index is 2.53. The predicted octanol–water partition coefficient (Wildman–Crippen LogP) is 13.6. The standard InChI is InChI=1S/C49H29NS2/c1-4-14-39-33(11-1)36-28-37-34-12-2-7-17-43(34)50(32-24-21-30(22-25-32)31-23-26-46-38(27-31)35-13-3-8-18-45(35)51-46)44(37)29-42(36)49(39)40-15-5-9-19-47(40)52-48-20-10-6-16-41(48)49/h1-29H. The van der Waals surface area contributed by atoms with Crippen LogP contribution in [0.3, 0.4) is 0 Å². The molecule has 242 valence electrons. The smallest absolute Gasteiger partial charge is 0.0736 e. The van der Waals surface area contributed by atoms with E-state index in [0.29, 0.717) is 0 Å². The minimum atomic E-state index is -0.409. The Hall–Kier alpha value is -5.87. The molecule has 1 aliphatic carbocycles. The molecule has 1 nitrogen and oxygen atoms in total. The first kappa shape index (κ1) is 28.8. The van der Waals surface area contributed by atoms with E-state index in [-0.39, 0.29) is 0 Å². The van der Waals surface area contributed by atoms with E-state index in [0.717, 1.165) is 0 Å². The van der Waals surface area contributed by atoms with Gasteiger partial charge >= 0.3 is 0 Å². The van der Waals surface area contributed by atoms with E-state index in [4.69, 9.17) is 0 Å². The van der Waals surface area contributed by atoms with Crippen LogP contribution in [0, 0.1) is 0 Å². The molecule has 8 aromatic carbocycles. The number of aromatic nitrogens is 1. The molecule has 0 N–H and O–H groups in total. The molecule has 0 radical (unpaired) electrons. The Morgan fingerprint density at radius 3 is 1.83 bits per heavy atom. The molecule has 0 unspecified atom stereocenters. The lowest BCUT2D eigenvalue weighted by Crippen LogP contribution is -2.31. The second-order valence-corrected chi connectivity index (χ2v) is 16.2. The number of fused-ring (bicyclic) bond motifs is 15. The maximum absolute atomic E-state index is 2.53. The van der Waals surface area contributed by atoms with Crippen molar-refractivity contribution in [1.82, 2.24) is 4.57 Å². The van der Waals surface area contributed by atoms with Crippen molar-refractivity contribution in [2.45, 2.75) is 15.2 Å². The Bertz CT molecular complexity index is 3060. The fourth-order valence-electron chi connectivity index (χ4n) is 9.30. The topological polar surface area (TPSA) is 4.93 Å². The van der Waals surface area contributed by atoms with Crippen molar-refractivity contribution >= 4 is 65.1 Å². The van der Waals surface area contributed by atoms with E-state index in [9.17, 15) is 0 Å². The molecule has 0 fully saturated rings. The summed E-state index contributed by atoms with van der Waals surface area (Å²) in [5.74, 6) is 0. The first-order valence-corrected chi connectivity index (χ1v) is 19.5. The van der Waals surface area contributed by atoms with Crippen LogP contribution in [0.2, 0.25) is 0 Å². The average molecular weight is 696 g/mol. The zero-order valence-electron chi connectivity index (χ0n) is 28.0. The third-order valence-corrected chi connectivity index (χ3v) is 13.8. The highest BCUT2D eigenvalue weighted by atomic mass is 32.2. The van der Waals surface area contributed by atoms with Crippen molar-refractivity contribution in [3.05, 3.63) is 198 Å². The quantitative estimate of drug-likeness (QED) is 0.174. The fraction of sp³-hybridized carbons (Fsp3) is 0.0204. The van der Waals surface area contributed by atoms with Crippen molar-refractivity contribution in [2.24, 2.45) is 0 Å². The van der Waals surface area contributed by atoms with Crippen LogP contribution in [-0.4, -0.2) is 4.57 Å². The number of nitrogens with zero attached hydrogens (tertiary/aromatic N) is 1. The normalized spacial score (nSPS) is 13.8. The lowest BCUT2D eigenvalue weighted by Gasteiger charge is -2.39. The van der Waals surface area contributed by atoms with Crippen LogP contribution in [0.5, 0.6) is 0 Å². The molecule has 0 saturated carbocycles. The van der Waals surface area contributed by atoms with Gasteiger partial charge in [-0.3, -0.25) is 0 Å². The maximum Gasteiger partial charge on any atom is 0.0736 e. The van der Waals surface area contributed by atoms with Gasteiger partial charge in [-0.25, -0.2) is 0 Å². The molecular formula is C49H29NS2. The van der Waals surface area contributed by atoms with Crippen LogP contribution in [0.1, 0.15) is 22.3 Å². The lowest BCUT2D eigenvalue weighted by molar-refractivity contribution is 0.723. The molecule has 0 bridgehead atoms. The van der Waals surface area contributed by atoms with E-state index in [1.54, 1.807) is 0 Å². The highest BCUT2D eigenvalue weighted by Gasteiger charge is 2.50. The van der Waals surface area contributed by atoms with Crippen molar-refractivity contribution < 1.29 is 0 Å². The fourth-order valence-corrected chi connectivity index (χ4v) is 11.6. The Kier molecular flexibility index (Phi) is 5.86. The molecule has 0 saturated heterocycles. The van der Waals surface area contributed by atoms with Gasteiger partial charge < -0.3 is 4.57 Å². The minimum Gasteiger partial charge on any atom is -0.309 e. The van der Waals surface area contributed by atoms with Crippen LogP contribution in [-0.2, 0) is 5.41 Å². The molecule has 1 aliphatic heterocycles. The van der Waals surface area contributed by atoms with E-state index in [1.165, 1.54) is 102 Å². The summed E-state index contributed by atoms with van der Waals surface area (Å²) in [4.78, 5) is 2.66. The SMILES string of the molecule is c1ccc2c(c1)Sc1ccccc1C21c2ccccc2-c2cc3c4ccccc4n(-c4ccc(-c5ccc6sc7ccccc7c6c5)cc4)c3cc21. The number of rotatable bonds is 2. The van der Waals surface area contributed by atoms with Gasteiger partial charge in [0.2, 0.25) is 0 Å². The molecule has 3 heteroatoms. The van der Waals surface area contributed by atoms with Gasteiger partial charge in [-0.15, -0.1) is 11.3 Å². The number of thiophene rings is 1. The summed E-state index contributed by atoms with van der Waals surface area (Å²) in [5, 5.41) is 5.22. The van der Waals surface area contributed by atoms with Gasteiger partial charge in [0.15, 0.2) is 0 Å². The third-order valence-electron chi connectivity index (χ3n) is 11.5. The molecule has 0 amide bonds. The second-order valence-electron chi connectivity index (χ2n) is 14.0. The minimum absolute atomic E-state index is 0.409. The van der Waals surface area contributed by atoms with Gasteiger partial charge in [0, 0.05) is 46.4 Å². The summed E-state index contributed by atoms with van der Waals surface area (Å²) in [6, 6.07) is 66.0. The molecule has 12 rings (SSSR count). The number of hydrogen-bond donors (Lipinski definition) is 0. The van der Waals surface area contributed by atoms with Crippen molar-refractivity contribution in [3.63, 3.8) is 0 Å². The van der Waals surface area contributed by atoms with Gasteiger partial charge in [-0.2, -0.15) is 0 Å². The molecule has 52 heavy (non-hydrogen) atoms. The number of benzene rings is 8. The number of hydrogen-bond acceptors (Lipinski definition) is 2. The van der Waals surface area contributed by atoms with E-state index >= 15 is 0 Å². The van der Waals surface area contributed by atoms with E-state index in [2.05, 4.69) is 180 Å². The van der Waals surface area contributed by atoms with Crippen molar-refractivity contribution in [3.8, 4) is 27.9 Å². The molecular weight excluding hydrogens is 667 g/mol. The summed E-state index contributed by atoms with van der Waals surface area (Å²) >= 11 is 3.77. The van der Waals surface area contributed by atoms with Gasteiger partial charge in [0.25, 0.3) is 0 Å². The van der Waals surface area contributed by atoms with Crippen LogP contribution >= 0.6 is 23.1 Å². The molecule has 1 spiro atoms. The lowest BCUT2D eigenvalue weighted by atomic mass is 9.67. The van der Waals surface area contributed by atoms with E-state index in [1.807, 2.05) is 23.1 Å². The highest BCUT2D eigenvalue weighted by molar-refractivity contribution is 7.99.